The van der Waals surface area contributed by atoms with Gasteiger partial charge in [0.15, 0.2) is 17.2 Å². The lowest BCUT2D eigenvalue weighted by molar-refractivity contribution is 0.443. The fraction of sp³-hybridized carbons (Fsp3) is 0.0882. The maximum atomic E-state index is 15.6. The number of para-hydroxylation sites is 1. The summed E-state index contributed by atoms with van der Waals surface area (Å²) in [5, 5.41) is 6.97. The fourth-order valence-electron chi connectivity index (χ4n) is 5.25. The minimum Gasteiger partial charge on any atom is -0.454 e. The second kappa shape index (κ2) is 10.0. The third kappa shape index (κ3) is 4.41. The van der Waals surface area contributed by atoms with E-state index in [9.17, 15) is 0 Å². The van der Waals surface area contributed by atoms with Crippen molar-refractivity contribution in [2.75, 3.05) is 4.90 Å². The molecule has 3 heterocycles. The molecule has 0 atom stereocenters. The predicted molar refractivity (Wildman–Crippen MR) is 161 cm³/mol. The van der Waals surface area contributed by atoms with Crippen molar-refractivity contribution in [2.24, 2.45) is 0 Å². The van der Waals surface area contributed by atoms with Crippen LogP contribution in [0.5, 0.6) is 11.5 Å². The van der Waals surface area contributed by atoms with Crippen LogP contribution in [0, 0.1) is 5.82 Å². The van der Waals surface area contributed by atoms with Crippen LogP contribution in [0.25, 0.3) is 27.3 Å². The van der Waals surface area contributed by atoms with Crippen molar-refractivity contribution in [3.63, 3.8) is 0 Å². The van der Waals surface area contributed by atoms with Gasteiger partial charge in [-0.3, -0.25) is 4.90 Å². The number of ether oxygens (including phenoxy) is 1. The lowest BCUT2D eigenvalue weighted by Crippen LogP contribution is -2.12. The first-order chi connectivity index (χ1) is 20.1. The number of nitrogens with zero attached hydrogens (tertiary/aromatic N) is 5. The maximum absolute atomic E-state index is 15.6. The highest BCUT2D eigenvalue weighted by molar-refractivity contribution is 6.11. The minimum atomic E-state index is -0.460. The van der Waals surface area contributed by atoms with Gasteiger partial charge in [0.25, 0.3) is 0 Å². The van der Waals surface area contributed by atoms with Gasteiger partial charge in [-0.1, -0.05) is 62.4 Å². The molecule has 4 aromatic carbocycles. The first kappa shape index (κ1) is 24.7. The van der Waals surface area contributed by atoms with Crippen molar-refractivity contribution in [3.05, 3.63) is 127 Å². The summed E-state index contributed by atoms with van der Waals surface area (Å²) in [5.74, 6) is 1.29. The zero-order valence-corrected chi connectivity index (χ0v) is 22.6. The molecule has 0 unspecified atom stereocenters. The van der Waals surface area contributed by atoms with E-state index >= 15 is 4.39 Å². The van der Waals surface area contributed by atoms with Crippen LogP contribution in [-0.4, -0.2) is 19.6 Å². The number of hydrogen-bond acceptors (Lipinski definition) is 5. The Hall–Kier alpha value is -5.30. The molecule has 0 aliphatic rings. The van der Waals surface area contributed by atoms with Crippen LogP contribution in [0.3, 0.4) is 0 Å². The number of aromatic nitrogens is 4. The molecule has 0 radical (unpaired) electrons. The van der Waals surface area contributed by atoms with Crippen molar-refractivity contribution < 1.29 is 9.13 Å². The molecule has 7 aromatic rings. The highest BCUT2D eigenvalue weighted by atomic mass is 19.1. The van der Waals surface area contributed by atoms with Gasteiger partial charge in [-0.05, 0) is 59.3 Å². The van der Waals surface area contributed by atoms with E-state index in [0.29, 0.717) is 22.8 Å². The molecule has 200 valence electrons. The molecule has 3 aromatic heterocycles. The van der Waals surface area contributed by atoms with Crippen molar-refractivity contribution in [1.29, 1.82) is 0 Å². The molecular weight excluding hydrogens is 513 g/mol. The van der Waals surface area contributed by atoms with Crippen LogP contribution in [0.1, 0.15) is 25.3 Å². The topological polar surface area (TPSA) is 55.5 Å². The van der Waals surface area contributed by atoms with E-state index < -0.39 is 5.82 Å². The molecule has 0 aliphatic heterocycles. The summed E-state index contributed by atoms with van der Waals surface area (Å²) in [6, 6.07) is 32.8. The molecule has 0 spiro atoms. The predicted octanol–water partition coefficient (Wildman–Crippen LogP) is 8.96. The van der Waals surface area contributed by atoms with E-state index in [1.165, 1.54) is 18.0 Å². The SMILES string of the molecule is CC(C)c1ccnc(N(c2ccccc2)c2cccc(Oc3cc4c(cc3F)c3ccccc3c3ncnn43)c2)c1. The van der Waals surface area contributed by atoms with Gasteiger partial charge in [0.2, 0.25) is 0 Å². The van der Waals surface area contributed by atoms with Crippen molar-refractivity contribution in [3.8, 4) is 11.5 Å². The number of pyridine rings is 2. The maximum Gasteiger partial charge on any atom is 0.166 e. The molecule has 0 N–H and O–H groups in total. The third-order valence-corrected chi connectivity index (χ3v) is 7.27. The Morgan fingerprint density at radius 2 is 1.54 bits per heavy atom. The monoisotopic (exact) mass is 539 g/mol. The molecule has 0 aliphatic carbocycles. The molecule has 0 bridgehead atoms. The second-order valence-electron chi connectivity index (χ2n) is 10.2. The van der Waals surface area contributed by atoms with Gasteiger partial charge < -0.3 is 4.74 Å². The lowest BCUT2D eigenvalue weighted by atomic mass is 10.0. The van der Waals surface area contributed by atoms with Crippen LogP contribution >= 0.6 is 0 Å². The largest absolute Gasteiger partial charge is 0.454 e. The number of fused-ring (bicyclic) bond motifs is 6. The second-order valence-corrected chi connectivity index (χ2v) is 10.2. The Balaban J connectivity index is 1.32. The highest BCUT2D eigenvalue weighted by Crippen LogP contribution is 2.38. The van der Waals surface area contributed by atoms with Gasteiger partial charge in [0.05, 0.1) is 11.2 Å². The fourth-order valence-corrected chi connectivity index (χ4v) is 5.25. The first-order valence-electron chi connectivity index (χ1n) is 13.5. The van der Waals surface area contributed by atoms with E-state index in [0.717, 1.165) is 33.4 Å². The Kier molecular flexibility index (Phi) is 6.04. The zero-order valence-electron chi connectivity index (χ0n) is 22.6. The molecule has 0 saturated carbocycles. The summed E-state index contributed by atoms with van der Waals surface area (Å²) in [7, 11) is 0. The molecule has 7 rings (SSSR count). The summed E-state index contributed by atoms with van der Waals surface area (Å²) in [4.78, 5) is 11.2. The van der Waals surface area contributed by atoms with E-state index in [-0.39, 0.29) is 5.75 Å². The van der Waals surface area contributed by atoms with Gasteiger partial charge in [0, 0.05) is 34.8 Å². The minimum absolute atomic E-state index is 0.105. The standard InChI is InChI=1S/C34H26FN5O/c1-22(2)23-15-16-36-33(17-23)39(24-9-4-3-5-10-24)25-11-8-12-26(18-25)41-32-20-31-29(19-30(32)35)27-13-6-7-14-28(27)34-37-21-38-40(31)34/h3-22H,1-2H3. The van der Waals surface area contributed by atoms with Gasteiger partial charge in [0.1, 0.15) is 17.9 Å². The molecule has 6 nitrogen and oxygen atoms in total. The summed E-state index contributed by atoms with van der Waals surface area (Å²) in [5.41, 5.74) is 4.41. The Bertz CT molecular complexity index is 2040. The van der Waals surface area contributed by atoms with Crippen LogP contribution in [0.2, 0.25) is 0 Å². The van der Waals surface area contributed by atoms with Gasteiger partial charge in [-0.15, -0.1) is 0 Å². The molecule has 0 saturated heterocycles. The van der Waals surface area contributed by atoms with Gasteiger partial charge in [-0.25, -0.2) is 18.9 Å². The molecule has 0 amide bonds. The third-order valence-electron chi connectivity index (χ3n) is 7.27. The normalized spacial score (nSPS) is 11.5. The summed E-state index contributed by atoms with van der Waals surface area (Å²) in [6.45, 7) is 4.32. The molecule has 0 fully saturated rings. The van der Waals surface area contributed by atoms with E-state index in [1.54, 1.807) is 10.6 Å². The van der Waals surface area contributed by atoms with E-state index in [4.69, 9.17) is 9.72 Å². The Labute approximate surface area is 236 Å². The Morgan fingerprint density at radius 3 is 2.37 bits per heavy atom. The van der Waals surface area contributed by atoms with E-state index in [2.05, 4.69) is 34.9 Å². The highest BCUT2D eigenvalue weighted by Gasteiger charge is 2.18. The summed E-state index contributed by atoms with van der Waals surface area (Å²) < 4.78 is 23.5. The first-order valence-corrected chi connectivity index (χ1v) is 13.5. The van der Waals surface area contributed by atoms with Crippen LogP contribution in [-0.2, 0) is 0 Å². The number of hydrogen-bond donors (Lipinski definition) is 0. The molecule has 41 heavy (non-hydrogen) atoms. The summed E-state index contributed by atoms with van der Waals surface area (Å²) in [6.07, 6.45) is 3.34. The average molecular weight is 540 g/mol. The lowest BCUT2D eigenvalue weighted by Gasteiger charge is -2.25. The van der Waals surface area contributed by atoms with Gasteiger partial charge in [-0.2, -0.15) is 5.10 Å². The number of benzene rings is 4. The number of halogens is 1. The van der Waals surface area contributed by atoms with Crippen molar-refractivity contribution in [2.45, 2.75) is 19.8 Å². The summed E-state index contributed by atoms with van der Waals surface area (Å²) >= 11 is 0. The van der Waals surface area contributed by atoms with Crippen molar-refractivity contribution in [1.82, 2.24) is 19.6 Å². The van der Waals surface area contributed by atoms with E-state index in [1.807, 2.05) is 91.1 Å². The van der Waals surface area contributed by atoms with Crippen LogP contribution in [0.15, 0.2) is 116 Å². The molecular formula is C34H26FN5O. The molecule has 7 heteroatoms. The Morgan fingerprint density at radius 1 is 0.756 bits per heavy atom. The van der Waals surface area contributed by atoms with Crippen LogP contribution in [0.4, 0.5) is 21.6 Å². The zero-order chi connectivity index (χ0) is 27.9. The van der Waals surface area contributed by atoms with Gasteiger partial charge >= 0.3 is 0 Å². The smallest absolute Gasteiger partial charge is 0.166 e. The number of rotatable bonds is 6. The van der Waals surface area contributed by atoms with Crippen LogP contribution < -0.4 is 9.64 Å². The average Bonchev–Trinajstić information content (AvgIpc) is 3.50. The number of anilines is 3. The quantitative estimate of drug-likeness (QED) is 0.197. The van der Waals surface area contributed by atoms with Crippen molar-refractivity contribution >= 4 is 44.5 Å².